The van der Waals surface area contributed by atoms with Gasteiger partial charge < -0.3 is 15.0 Å². The number of hydrogen-bond donors (Lipinski definition) is 1. The summed E-state index contributed by atoms with van der Waals surface area (Å²) in [6, 6.07) is 12.9. The van der Waals surface area contributed by atoms with Crippen LogP contribution in [0.3, 0.4) is 0 Å². The lowest BCUT2D eigenvalue weighted by molar-refractivity contribution is 0.0475. The second-order valence-corrected chi connectivity index (χ2v) is 8.66. The Kier molecular flexibility index (Phi) is 5.66. The highest BCUT2D eigenvalue weighted by Gasteiger charge is 2.37. The quantitative estimate of drug-likeness (QED) is 0.709. The standard InChI is InChI=1S/C25H27N3O4/c29-23(26-15-17-5-8-19(9-6-17)27-11-1-2-12-27)18-7-10-21-22(14-18)25(31)28(24(21)30)16-20-4-3-13-32-20/h5-10,14,20H,1-4,11-13,15-16H2,(H,26,29). The van der Waals surface area contributed by atoms with Gasteiger partial charge in [-0.25, -0.2) is 0 Å². The Balaban J connectivity index is 1.22. The number of carbonyl (C=O) groups is 3. The van der Waals surface area contributed by atoms with Gasteiger partial charge in [0.2, 0.25) is 0 Å². The zero-order chi connectivity index (χ0) is 22.1. The van der Waals surface area contributed by atoms with Crippen LogP contribution < -0.4 is 10.2 Å². The lowest BCUT2D eigenvalue weighted by atomic mass is 10.1. The maximum Gasteiger partial charge on any atom is 0.261 e. The second kappa shape index (κ2) is 8.74. The van der Waals surface area contributed by atoms with Crippen LogP contribution >= 0.6 is 0 Å². The molecular formula is C25H27N3O4. The van der Waals surface area contributed by atoms with Gasteiger partial charge in [0.15, 0.2) is 0 Å². The largest absolute Gasteiger partial charge is 0.376 e. The Bertz CT molecular complexity index is 1040. The van der Waals surface area contributed by atoms with Crippen molar-refractivity contribution in [2.75, 3.05) is 31.1 Å². The van der Waals surface area contributed by atoms with Crippen molar-refractivity contribution in [1.29, 1.82) is 0 Å². The van der Waals surface area contributed by atoms with E-state index in [1.54, 1.807) is 12.1 Å². The number of nitrogens with one attached hydrogen (secondary N) is 1. The van der Waals surface area contributed by atoms with E-state index in [0.29, 0.717) is 24.3 Å². The normalized spacial score (nSPS) is 20.2. The maximum atomic E-state index is 12.8. The molecule has 32 heavy (non-hydrogen) atoms. The van der Waals surface area contributed by atoms with E-state index in [1.807, 2.05) is 12.1 Å². The molecule has 0 spiro atoms. The lowest BCUT2D eigenvalue weighted by Gasteiger charge is -2.18. The molecule has 1 unspecified atom stereocenters. The molecule has 2 aromatic carbocycles. The van der Waals surface area contributed by atoms with Crippen molar-refractivity contribution in [1.82, 2.24) is 10.2 Å². The van der Waals surface area contributed by atoms with Crippen LogP contribution in [-0.4, -0.2) is 55.0 Å². The molecule has 5 rings (SSSR count). The summed E-state index contributed by atoms with van der Waals surface area (Å²) < 4.78 is 5.57. The van der Waals surface area contributed by atoms with Crippen molar-refractivity contribution in [3.05, 3.63) is 64.7 Å². The summed E-state index contributed by atoms with van der Waals surface area (Å²) in [5.41, 5.74) is 3.23. The Morgan fingerprint density at radius 3 is 2.44 bits per heavy atom. The van der Waals surface area contributed by atoms with E-state index in [2.05, 4.69) is 22.3 Å². The van der Waals surface area contributed by atoms with Crippen LogP contribution in [0.4, 0.5) is 5.69 Å². The number of carbonyl (C=O) groups excluding carboxylic acids is 3. The van der Waals surface area contributed by atoms with Crippen molar-refractivity contribution in [3.63, 3.8) is 0 Å². The molecule has 0 radical (unpaired) electrons. The SMILES string of the molecule is O=C(NCc1ccc(N2CCCC2)cc1)c1ccc2c(c1)C(=O)N(CC1CCCO1)C2=O. The molecule has 3 heterocycles. The predicted molar refractivity (Wildman–Crippen MR) is 120 cm³/mol. The highest BCUT2D eigenvalue weighted by molar-refractivity contribution is 6.22. The minimum Gasteiger partial charge on any atom is -0.376 e. The third-order valence-electron chi connectivity index (χ3n) is 6.50. The van der Waals surface area contributed by atoms with Gasteiger partial charge in [0.25, 0.3) is 17.7 Å². The van der Waals surface area contributed by atoms with Gasteiger partial charge in [-0.2, -0.15) is 0 Å². The van der Waals surface area contributed by atoms with Gasteiger partial charge in [-0.05, 0) is 61.6 Å². The number of benzene rings is 2. The first-order valence-corrected chi connectivity index (χ1v) is 11.3. The molecule has 0 bridgehead atoms. The van der Waals surface area contributed by atoms with Gasteiger partial charge in [0.1, 0.15) is 0 Å². The fraction of sp³-hybridized carbons (Fsp3) is 0.400. The minimum atomic E-state index is -0.354. The van der Waals surface area contributed by atoms with E-state index < -0.39 is 0 Å². The predicted octanol–water partition coefficient (Wildman–Crippen LogP) is 2.99. The Morgan fingerprint density at radius 1 is 0.969 bits per heavy atom. The molecule has 0 aliphatic carbocycles. The number of imide groups is 1. The molecule has 2 fully saturated rings. The van der Waals surface area contributed by atoms with Crippen LogP contribution in [0.2, 0.25) is 0 Å². The summed E-state index contributed by atoms with van der Waals surface area (Å²) in [4.78, 5) is 41.8. The summed E-state index contributed by atoms with van der Waals surface area (Å²) >= 11 is 0. The van der Waals surface area contributed by atoms with E-state index >= 15 is 0 Å². The highest BCUT2D eigenvalue weighted by Crippen LogP contribution is 2.26. The van der Waals surface area contributed by atoms with E-state index in [4.69, 9.17) is 4.74 Å². The summed E-state index contributed by atoms with van der Waals surface area (Å²) in [5, 5.41) is 2.91. The number of nitrogens with zero attached hydrogens (tertiary/aromatic N) is 2. The fourth-order valence-corrected chi connectivity index (χ4v) is 4.67. The topological polar surface area (TPSA) is 79.0 Å². The smallest absolute Gasteiger partial charge is 0.261 e. The molecule has 3 aliphatic heterocycles. The Labute approximate surface area is 187 Å². The highest BCUT2D eigenvalue weighted by atomic mass is 16.5. The van der Waals surface area contributed by atoms with Crippen LogP contribution in [0.15, 0.2) is 42.5 Å². The summed E-state index contributed by atoms with van der Waals surface area (Å²) in [6.45, 7) is 3.52. The molecule has 1 N–H and O–H groups in total. The van der Waals surface area contributed by atoms with Gasteiger partial charge >= 0.3 is 0 Å². The molecule has 1 atom stereocenters. The van der Waals surface area contributed by atoms with Crippen LogP contribution in [0, 0.1) is 0 Å². The molecule has 7 heteroatoms. The average Bonchev–Trinajstić information content (AvgIpc) is 3.58. The third kappa shape index (κ3) is 4.00. The third-order valence-corrected chi connectivity index (χ3v) is 6.50. The van der Waals surface area contributed by atoms with Crippen molar-refractivity contribution in [3.8, 4) is 0 Å². The van der Waals surface area contributed by atoms with Crippen LogP contribution in [0.5, 0.6) is 0 Å². The first kappa shape index (κ1) is 20.7. The molecule has 2 saturated heterocycles. The molecule has 0 aromatic heterocycles. The first-order chi connectivity index (χ1) is 15.6. The Morgan fingerprint density at radius 2 is 1.72 bits per heavy atom. The number of ether oxygens (including phenoxy) is 1. The zero-order valence-electron chi connectivity index (χ0n) is 18.0. The number of anilines is 1. The molecule has 166 valence electrons. The van der Waals surface area contributed by atoms with Gasteiger partial charge in [-0.1, -0.05) is 12.1 Å². The van der Waals surface area contributed by atoms with Gasteiger partial charge in [0, 0.05) is 37.5 Å². The summed E-state index contributed by atoms with van der Waals surface area (Å²) in [6.07, 6.45) is 4.16. The number of hydrogen-bond acceptors (Lipinski definition) is 5. The monoisotopic (exact) mass is 433 g/mol. The minimum absolute atomic E-state index is 0.100. The van der Waals surface area contributed by atoms with E-state index in [-0.39, 0.29) is 35.9 Å². The molecule has 0 saturated carbocycles. The number of amides is 3. The molecule has 3 amide bonds. The fourth-order valence-electron chi connectivity index (χ4n) is 4.67. The molecule has 3 aliphatic rings. The summed E-state index contributed by atoms with van der Waals surface area (Å²) in [5.74, 6) is -0.938. The second-order valence-electron chi connectivity index (χ2n) is 8.66. The van der Waals surface area contributed by atoms with E-state index in [9.17, 15) is 14.4 Å². The maximum absolute atomic E-state index is 12.8. The zero-order valence-corrected chi connectivity index (χ0v) is 18.0. The van der Waals surface area contributed by atoms with Gasteiger partial charge in [-0.3, -0.25) is 19.3 Å². The van der Waals surface area contributed by atoms with Crippen LogP contribution in [0.25, 0.3) is 0 Å². The van der Waals surface area contributed by atoms with Crippen LogP contribution in [0.1, 0.15) is 62.3 Å². The van der Waals surface area contributed by atoms with E-state index in [1.165, 1.54) is 29.5 Å². The number of rotatable bonds is 6. The van der Waals surface area contributed by atoms with Crippen molar-refractivity contribution in [2.45, 2.75) is 38.3 Å². The van der Waals surface area contributed by atoms with Crippen molar-refractivity contribution < 1.29 is 19.1 Å². The molecule has 7 nitrogen and oxygen atoms in total. The van der Waals surface area contributed by atoms with Gasteiger partial charge in [-0.15, -0.1) is 0 Å². The number of fused-ring (bicyclic) bond motifs is 1. The van der Waals surface area contributed by atoms with Crippen LogP contribution in [-0.2, 0) is 11.3 Å². The van der Waals surface area contributed by atoms with E-state index in [0.717, 1.165) is 31.5 Å². The van der Waals surface area contributed by atoms with Crippen molar-refractivity contribution >= 4 is 23.4 Å². The van der Waals surface area contributed by atoms with Crippen molar-refractivity contribution in [2.24, 2.45) is 0 Å². The molecule has 2 aromatic rings. The first-order valence-electron chi connectivity index (χ1n) is 11.3. The Hall–Kier alpha value is -3.19. The molecular weight excluding hydrogens is 406 g/mol. The lowest BCUT2D eigenvalue weighted by Crippen LogP contribution is -2.36. The average molecular weight is 434 g/mol. The summed E-state index contributed by atoms with van der Waals surface area (Å²) in [7, 11) is 0. The van der Waals surface area contributed by atoms with Gasteiger partial charge in [0.05, 0.1) is 23.8 Å².